The van der Waals surface area contributed by atoms with Gasteiger partial charge in [0.15, 0.2) is 5.43 Å². The van der Waals surface area contributed by atoms with Crippen LogP contribution in [0.2, 0.25) is 0 Å². The zero-order valence-electron chi connectivity index (χ0n) is 21.4. The van der Waals surface area contributed by atoms with E-state index in [4.69, 9.17) is 0 Å². The van der Waals surface area contributed by atoms with Crippen LogP contribution in [0.15, 0.2) is 144 Å². The Morgan fingerprint density at radius 2 is 1.10 bits per heavy atom. The molecular weight excluding hydrogens is 492 g/mol. The maximum absolute atomic E-state index is 13.8. The highest BCUT2D eigenvalue weighted by Gasteiger charge is 2.14. The van der Waals surface area contributed by atoms with Crippen LogP contribution in [0.3, 0.4) is 0 Å². The lowest BCUT2D eigenvalue weighted by Gasteiger charge is -2.17. The van der Waals surface area contributed by atoms with E-state index in [1.165, 1.54) is 22.3 Å². The Labute approximate surface area is 232 Å². The quantitative estimate of drug-likeness (QED) is 0.212. The average molecular weight is 519 g/mol. The molecule has 0 aliphatic heterocycles. The highest BCUT2D eigenvalue weighted by Crippen LogP contribution is 2.34. The topological polar surface area (TPSA) is 17.1 Å². The van der Waals surface area contributed by atoms with Crippen LogP contribution in [-0.4, -0.2) is 0 Å². The predicted molar refractivity (Wildman–Crippen MR) is 167 cm³/mol. The normalized spacial score (nSPS) is 15.0. The minimum Gasteiger partial charge on any atom is -0.289 e. The summed E-state index contributed by atoms with van der Waals surface area (Å²) in [6.07, 6.45) is 7.75. The molecule has 0 bridgehead atoms. The Balaban J connectivity index is 1.22. The number of fused-ring (bicyclic) bond motifs is 2. The third-order valence-corrected chi connectivity index (χ3v) is 8.81. The molecule has 0 radical (unpaired) electrons. The van der Waals surface area contributed by atoms with E-state index in [0.717, 1.165) is 43.3 Å². The van der Waals surface area contributed by atoms with Gasteiger partial charge < -0.3 is 0 Å². The van der Waals surface area contributed by atoms with Crippen LogP contribution in [0.25, 0.3) is 48.0 Å². The lowest BCUT2D eigenvalue weighted by Crippen LogP contribution is -2.02. The van der Waals surface area contributed by atoms with Crippen LogP contribution in [0.5, 0.6) is 0 Å². The molecule has 0 spiro atoms. The van der Waals surface area contributed by atoms with Gasteiger partial charge in [0.25, 0.3) is 0 Å². The molecule has 39 heavy (non-hydrogen) atoms. The largest absolute Gasteiger partial charge is 0.289 e. The molecule has 0 fully saturated rings. The lowest BCUT2D eigenvalue weighted by molar-refractivity contribution is 0.857. The molecule has 6 aromatic rings. The van der Waals surface area contributed by atoms with E-state index in [1.54, 1.807) is 11.3 Å². The number of hydrogen-bond acceptors (Lipinski definition) is 2. The molecule has 2 heteroatoms. The molecule has 5 aromatic carbocycles. The molecule has 1 aromatic heterocycles. The van der Waals surface area contributed by atoms with Gasteiger partial charge in [0, 0.05) is 26.1 Å². The summed E-state index contributed by atoms with van der Waals surface area (Å²) in [6, 6.07) is 42.2. The van der Waals surface area contributed by atoms with E-state index in [9.17, 15) is 4.79 Å². The van der Waals surface area contributed by atoms with Gasteiger partial charge in [0.2, 0.25) is 0 Å². The Kier molecular flexibility index (Phi) is 6.03. The summed E-state index contributed by atoms with van der Waals surface area (Å²) in [5.41, 5.74) is 8.28. The summed E-state index contributed by atoms with van der Waals surface area (Å²) >= 11 is 1.68. The smallest absolute Gasteiger partial charge is 0.195 e. The summed E-state index contributed by atoms with van der Waals surface area (Å²) in [6.45, 7) is 0. The van der Waals surface area contributed by atoms with Crippen LogP contribution < -0.4 is 5.43 Å². The first-order valence-corrected chi connectivity index (χ1v) is 14.1. The summed E-state index contributed by atoms with van der Waals surface area (Å²) in [5, 5.41) is 1.58. The zero-order valence-corrected chi connectivity index (χ0v) is 22.2. The van der Waals surface area contributed by atoms with Crippen molar-refractivity contribution >= 4 is 37.1 Å². The number of hydrogen-bond donors (Lipinski definition) is 0. The van der Waals surface area contributed by atoms with Gasteiger partial charge >= 0.3 is 0 Å². The number of rotatable bonds is 4. The second kappa shape index (κ2) is 9.98. The summed E-state index contributed by atoms with van der Waals surface area (Å²) < 4.78 is 2.05. The van der Waals surface area contributed by atoms with Gasteiger partial charge in [-0.2, -0.15) is 0 Å². The highest BCUT2D eigenvalue weighted by molar-refractivity contribution is 7.24. The molecule has 0 saturated carbocycles. The molecule has 1 nitrogen and oxygen atoms in total. The van der Waals surface area contributed by atoms with E-state index >= 15 is 0 Å². The molecule has 7 rings (SSSR count). The van der Waals surface area contributed by atoms with Crippen LogP contribution in [0, 0.1) is 0 Å². The van der Waals surface area contributed by atoms with E-state index in [2.05, 4.69) is 133 Å². The summed E-state index contributed by atoms with van der Waals surface area (Å²) in [4.78, 5) is 13.8. The number of allylic oxidation sites excluding steroid dienone is 4. The van der Waals surface area contributed by atoms with Crippen molar-refractivity contribution in [3.63, 3.8) is 0 Å². The molecule has 0 saturated heterocycles. The van der Waals surface area contributed by atoms with E-state index in [1.807, 2.05) is 6.07 Å². The maximum Gasteiger partial charge on any atom is 0.195 e. The van der Waals surface area contributed by atoms with E-state index < -0.39 is 0 Å². The summed E-state index contributed by atoms with van der Waals surface area (Å²) in [7, 11) is 0. The van der Waals surface area contributed by atoms with Crippen molar-refractivity contribution in [2.24, 2.45) is 0 Å². The van der Waals surface area contributed by atoms with Gasteiger partial charge in [-0.1, -0.05) is 115 Å². The standard InChI is InChI=1S/C37H26OS/c38-37-33-23-31(29-15-11-27(12-16-29)25-7-3-1-4-8-25)19-21-35(33)39-36-22-20-32(24-34(36)37)30-17-13-28(14-18-30)26-9-5-2-6-10-26/h1-13,15-24,28H,14H2. The SMILES string of the molecule is O=c1c2cc(C3=CCC(c4ccccc4)C=C3)ccc2sc2ccc(-c3ccc(-c4ccccc4)cc3)cc12. The van der Waals surface area contributed by atoms with Crippen molar-refractivity contribution in [3.05, 3.63) is 161 Å². The first-order valence-electron chi connectivity index (χ1n) is 13.3. The van der Waals surface area contributed by atoms with Gasteiger partial charge in [-0.05, 0) is 69.6 Å². The Hall–Kier alpha value is -4.53. The van der Waals surface area contributed by atoms with Crippen LogP contribution in [0.4, 0.5) is 0 Å². The van der Waals surface area contributed by atoms with Crippen molar-refractivity contribution in [2.75, 3.05) is 0 Å². The Morgan fingerprint density at radius 3 is 1.74 bits per heavy atom. The molecule has 1 atom stereocenters. The first kappa shape index (κ1) is 23.6. The Morgan fingerprint density at radius 1 is 0.564 bits per heavy atom. The fourth-order valence-electron chi connectivity index (χ4n) is 5.48. The highest BCUT2D eigenvalue weighted by atomic mass is 32.1. The molecule has 186 valence electrons. The van der Waals surface area contributed by atoms with Gasteiger partial charge in [0.1, 0.15) is 0 Å². The first-order chi connectivity index (χ1) is 19.2. The van der Waals surface area contributed by atoms with Crippen molar-refractivity contribution < 1.29 is 0 Å². The fraction of sp³-hybridized carbons (Fsp3) is 0.0541. The summed E-state index contributed by atoms with van der Waals surface area (Å²) in [5.74, 6) is 0.400. The second-order valence-corrected chi connectivity index (χ2v) is 11.2. The molecule has 0 N–H and O–H groups in total. The molecular formula is C37H26OS. The lowest BCUT2D eigenvalue weighted by atomic mass is 9.88. The third kappa shape index (κ3) is 4.54. The molecule has 1 heterocycles. The average Bonchev–Trinajstić information content (AvgIpc) is 3.02. The van der Waals surface area contributed by atoms with Gasteiger partial charge in [-0.15, -0.1) is 11.3 Å². The van der Waals surface area contributed by atoms with Crippen LogP contribution >= 0.6 is 11.3 Å². The third-order valence-electron chi connectivity index (χ3n) is 7.65. The molecule has 0 amide bonds. The van der Waals surface area contributed by atoms with Crippen molar-refractivity contribution in [2.45, 2.75) is 12.3 Å². The Bertz CT molecular complexity index is 1930. The van der Waals surface area contributed by atoms with E-state index in [-0.39, 0.29) is 5.43 Å². The van der Waals surface area contributed by atoms with Gasteiger partial charge in [0.05, 0.1) is 0 Å². The van der Waals surface area contributed by atoms with Gasteiger partial charge in [-0.3, -0.25) is 4.79 Å². The van der Waals surface area contributed by atoms with Crippen molar-refractivity contribution in [3.8, 4) is 22.3 Å². The van der Waals surface area contributed by atoms with Crippen molar-refractivity contribution in [1.82, 2.24) is 0 Å². The minimum absolute atomic E-state index is 0.103. The van der Waals surface area contributed by atoms with Crippen LogP contribution in [0.1, 0.15) is 23.5 Å². The van der Waals surface area contributed by atoms with Crippen LogP contribution in [-0.2, 0) is 0 Å². The molecule has 1 aliphatic carbocycles. The maximum atomic E-state index is 13.8. The second-order valence-electron chi connectivity index (χ2n) is 10.1. The fourth-order valence-corrected chi connectivity index (χ4v) is 6.52. The van der Waals surface area contributed by atoms with Gasteiger partial charge in [-0.25, -0.2) is 0 Å². The van der Waals surface area contributed by atoms with E-state index in [0.29, 0.717) is 5.92 Å². The van der Waals surface area contributed by atoms with Crippen molar-refractivity contribution in [1.29, 1.82) is 0 Å². The molecule has 1 unspecified atom stereocenters. The zero-order chi connectivity index (χ0) is 26.2. The number of benzene rings is 5. The predicted octanol–water partition coefficient (Wildman–Crippen LogP) is 9.88. The molecule has 1 aliphatic rings. The minimum atomic E-state index is 0.103. The monoisotopic (exact) mass is 518 g/mol.